The normalized spacial score (nSPS) is 10.9. The molecular weight excluding hydrogens is 400 g/mol. The summed E-state index contributed by atoms with van der Waals surface area (Å²) < 4.78 is 27.6. The van der Waals surface area contributed by atoms with Crippen molar-refractivity contribution in [1.82, 2.24) is 5.32 Å². The van der Waals surface area contributed by atoms with Gasteiger partial charge in [0, 0.05) is 15.7 Å². The van der Waals surface area contributed by atoms with Crippen LogP contribution in [0.1, 0.15) is 10.4 Å². The van der Waals surface area contributed by atoms with Crippen LogP contribution in [0.5, 0.6) is 0 Å². The molecule has 0 aliphatic carbocycles. The monoisotopic (exact) mass is 412 g/mol. The Labute approximate surface area is 146 Å². The second-order valence-electron chi connectivity index (χ2n) is 4.71. The second kappa shape index (κ2) is 7.45. The maximum Gasteiger partial charge on any atom is 0.322 e. The lowest BCUT2D eigenvalue weighted by molar-refractivity contribution is -0.135. The molecule has 9 heteroatoms. The van der Waals surface area contributed by atoms with Crippen molar-refractivity contribution in [3.63, 3.8) is 0 Å². The molecule has 0 aliphatic heterocycles. The first-order valence-corrected chi connectivity index (χ1v) is 8.94. The summed E-state index contributed by atoms with van der Waals surface area (Å²) in [7, 11) is -3.73. The molecule has 1 amide bonds. The Morgan fingerprint density at radius 2 is 1.58 bits per heavy atom. The van der Waals surface area contributed by atoms with Crippen LogP contribution in [0.15, 0.2) is 57.9 Å². The van der Waals surface area contributed by atoms with E-state index >= 15 is 0 Å². The number of hydrogen-bond acceptors (Lipinski definition) is 4. The van der Waals surface area contributed by atoms with Gasteiger partial charge in [-0.15, -0.1) is 0 Å². The number of carboxylic acids is 1. The first-order valence-electron chi connectivity index (χ1n) is 6.66. The number of rotatable bonds is 6. The molecular formula is C15H13BrN2O5S. The number of carbonyl (C=O) groups excluding carboxylic acids is 1. The van der Waals surface area contributed by atoms with Gasteiger partial charge in [0.15, 0.2) is 0 Å². The summed E-state index contributed by atoms with van der Waals surface area (Å²) in [6, 6.07) is 11.8. The number of benzene rings is 2. The number of sulfonamides is 1. The Morgan fingerprint density at radius 3 is 2.12 bits per heavy atom. The van der Waals surface area contributed by atoms with Crippen molar-refractivity contribution in [2.45, 2.75) is 4.90 Å². The molecule has 0 saturated heterocycles. The molecule has 2 rings (SSSR count). The minimum Gasteiger partial charge on any atom is -0.480 e. The third-order valence-electron chi connectivity index (χ3n) is 2.92. The molecule has 0 spiro atoms. The van der Waals surface area contributed by atoms with E-state index in [2.05, 4.69) is 26.0 Å². The van der Waals surface area contributed by atoms with Gasteiger partial charge >= 0.3 is 5.97 Å². The SMILES string of the molecule is O=C(O)CNC(=O)c1ccc(NS(=O)(=O)c2ccc(Br)cc2)cc1. The quantitative estimate of drug-likeness (QED) is 0.671. The van der Waals surface area contributed by atoms with Gasteiger partial charge in [0.25, 0.3) is 15.9 Å². The maximum absolute atomic E-state index is 12.2. The lowest BCUT2D eigenvalue weighted by Gasteiger charge is -2.09. The summed E-state index contributed by atoms with van der Waals surface area (Å²) in [5.74, 6) is -1.71. The van der Waals surface area contributed by atoms with E-state index in [9.17, 15) is 18.0 Å². The van der Waals surface area contributed by atoms with Gasteiger partial charge in [-0.25, -0.2) is 8.42 Å². The maximum atomic E-state index is 12.2. The predicted molar refractivity (Wildman–Crippen MR) is 91.4 cm³/mol. The molecule has 3 N–H and O–H groups in total. The molecule has 0 fully saturated rings. The molecule has 0 atom stereocenters. The standard InChI is InChI=1S/C15H13BrN2O5S/c16-11-3-7-13(8-4-11)24(22,23)18-12-5-1-10(2-6-12)15(21)17-9-14(19)20/h1-8,18H,9H2,(H,17,21)(H,19,20). The van der Waals surface area contributed by atoms with Crippen LogP contribution in [0.2, 0.25) is 0 Å². The molecule has 2 aromatic carbocycles. The van der Waals surface area contributed by atoms with Crippen molar-refractivity contribution in [1.29, 1.82) is 0 Å². The number of anilines is 1. The van der Waals surface area contributed by atoms with E-state index in [-0.39, 0.29) is 16.1 Å². The number of aliphatic carboxylic acids is 1. The Kier molecular flexibility index (Phi) is 5.58. The number of carboxylic acid groups (broad SMARTS) is 1. The van der Waals surface area contributed by atoms with Crippen molar-refractivity contribution in [2.24, 2.45) is 0 Å². The summed E-state index contributed by atoms with van der Waals surface area (Å²) in [5.41, 5.74) is 0.510. The minimum atomic E-state index is -3.73. The van der Waals surface area contributed by atoms with Crippen LogP contribution >= 0.6 is 15.9 Å². The minimum absolute atomic E-state index is 0.106. The Hall–Kier alpha value is -2.39. The highest BCUT2D eigenvalue weighted by Crippen LogP contribution is 2.19. The molecule has 0 aliphatic rings. The number of nitrogens with one attached hydrogen (secondary N) is 2. The molecule has 2 aromatic rings. The fourth-order valence-corrected chi connectivity index (χ4v) is 3.10. The van der Waals surface area contributed by atoms with Crippen LogP contribution in [0.25, 0.3) is 0 Å². The van der Waals surface area contributed by atoms with Crippen molar-refractivity contribution in [3.8, 4) is 0 Å². The first-order chi connectivity index (χ1) is 11.3. The van der Waals surface area contributed by atoms with Gasteiger partial charge in [0.05, 0.1) is 4.90 Å². The van der Waals surface area contributed by atoms with Crippen LogP contribution < -0.4 is 10.0 Å². The molecule has 0 aromatic heterocycles. The predicted octanol–water partition coefficient (Wildman–Crippen LogP) is 2.06. The lowest BCUT2D eigenvalue weighted by atomic mass is 10.2. The van der Waals surface area contributed by atoms with E-state index in [1.807, 2.05) is 0 Å². The van der Waals surface area contributed by atoms with Gasteiger partial charge in [-0.1, -0.05) is 15.9 Å². The number of halogens is 1. The van der Waals surface area contributed by atoms with Gasteiger partial charge in [-0.05, 0) is 48.5 Å². The van der Waals surface area contributed by atoms with Gasteiger partial charge in [-0.2, -0.15) is 0 Å². The average molecular weight is 413 g/mol. The van der Waals surface area contributed by atoms with Crippen LogP contribution in [-0.2, 0) is 14.8 Å². The second-order valence-corrected chi connectivity index (χ2v) is 7.31. The van der Waals surface area contributed by atoms with Gasteiger partial charge < -0.3 is 10.4 Å². The topological polar surface area (TPSA) is 113 Å². The summed E-state index contributed by atoms with van der Waals surface area (Å²) >= 11 is 3.23. The van der Waals surface area contributed by atoms with E-state index in [0.717, 1.165) is 4.47 Å². The van der Waals surface area contributed by atoms with E-state index in [1.54, 1.807) is 12.1 Å². The van der Waals surface area contributed by atoms with Crippen LogP contribution in [0.4, 0.5) is 5.69 Å². The highest BCUT2D eigenvalue weighted by molar-refractivity contribution is 9.10. The zero-order valence-electron chi connectivity index (χ0n) is 12.2. The Morgan fingerprint density at radius 1 is 1.00 bits per heavy atom. The molecule has 0 heterocycles. The number of amides is 1. The zero-order valence-corrected chi connectivity index (χ0v) is 14.6. The molecule has 24 heavy (non-hydrogen) atoms. The lowest BCUT2D eigenvalue weighted by Crippen LogP contribution is -2.29. The Balaban J connectivity index is 2.09. The fraction of sp³-hybridized carbons (Fsp3) is 0.0667. The van der Waals surface area contributed by atoms with Crippen molar-refractivity contribution in [3.05, 3.63) is 58.6 Å². The fourth-order valence-electron chi connectivity index (χ4n) is 1.78. The van der Waals surface area contributed by atoms with Crippen LogP contribution in [0.3, 0.4) is 0 Å². The van der Waals surface area contributed by atoms with Gasteiger partial charge in [-0.3, -0.25) is 14.3 Å². The molecule has 0 unspecified atom stereocenters. The van der Waals surface area contributed by atoms with Crippen LogP contribution in [-0.4, -0.2) is 31.9 Å². The van der Waals surface area contributed by atoms with E-state index < -0.39 is 28.4 Å². The van der Waals surface area contributed by atoms with Crippen LogP contribution in [0, 0.1) is 0 Å². The van der Waals surface area contributed by atoms with E-state index in [4.69, 9.17) is 5.11 Å². The molecule has 7 nitrogen and oxygen atoms in total. The molecule has 126 valence electrons. The average Bonchev–Trinajstić information content (AvgIpc) is 2.53. The van der Waals surface area contributed by atoms with Crippen molar-refractivity contribution >= 4 is 43.5 Å². The smallest absolute Gasteiger partial charge is 0.322 e. The summed E-state index contributed by atoms with van der Waals surface area (Å²) in [6.07, 6.45) is 0. The molecule has 0 bridgehead atoms. The third kappa shape index (κ3) is 4.80. The van der Waals surface area contributed by atoms with E-state index in [1.165, 1.54) is 36.4 Å². The van der Waals surface area contributed by atoms with Gasteiger partial charge in [0.1, 0.15) is 6.54 Å². The number of carbonyl (C=O) groups is 2. The molecule has 0 radical (unpaired) electrons. The Bertz CT molecular complexity index is 848. The first kappa shape index (κ1) is 18.0. The van der Waals surface area contributed by atoms with E-state index in [0.29, 0.717) is 0 Å². The summed E-state index contributed by atoms with van der Waals surface area (Å²) in [5, 5.41) is 10.7. The molecule has 0 saturated carbocycles. The summed E-state index contributed by atoms with van der Waals surface area (Å²) in [6.45, 7) is -0.489. The highest BCUT2D eigenvalue weighted by atomic mass is 79.9. The van der Waals surface area contributed by atoms with Crippen molar-refractivity contribution in [2.75, 3.05) is 11.3 Å². The summed E-state index contributed by atoms with van der Waals surface area (Å²) in [4.78, 5) is 22.2. The third-order valence-corrected chi connectivity index (χ3v) is 4.85. The van der Waals surface area contributed by atoms with Gasteiger partial charge in [0.2, 0.25) is 0 Å². The largest absolute Gasteiger partial charge is 0.480 e. The van der Waals surface area contributed by atoms with Crippen molar-refractivity contribution < 1.29 is 23.1 Å². The number of hydrogen-bond donors (Lipinski definition) is 3. The highest BCUT2D eigenvalue weighted by Gasteiger charge is 2.14. The zero-order chi connectivity index (χ0) is 17.7.